The summed E-state index contributed by atoms with van der Waals surface area (Å²) < 4.78 is 2.12. The lowest BCUT2D eigenvalue weighted by molar-refractivity contribution is -0.112. The number of hydrogen-bond donors (Lipinski definition) is 1. The van der Waals surface area contributed by atoms with Crippen molar-refractivity contribution in [1.29, 1.82) is 5.26 Å². The Morgan fingerprint density at radius 3 is 2.33 bits per heavy atom. The third-order valence-corrected chi connectivity index (χ3v) is 5.15. The number of hydrogen-bond acceptors (Lipinski definition) is 3. The number of carbonyl (C=O) groups is 1. The number of benzene rings is 2. The fourth-order valence-electron chi connectivity index (χ4n) is 3.44. The van der Waals surface area contributed by atoms with Gasteiger partial charge in [-0.2, -0.15) is 5.26 Å². The second kappa shape index (κ2) is 8.71. The predicted molar refractivity (Wildman–Crippen MR) is 123 cm³/mol. The molecule has 3 rings (SSSR count). The molecule has 0 spiro atoms. The van der Waals surface area contributed by atoms with Gasteiger partial charge >= 0.3 is 0 Å². The quantitative estimate of drug-likeness (QED) is 0.485. The van der Waals surface area contributed by atoms with Gasteiger partial charge in [0.25, 0.3) is 5.91 Å². The average Bonchev–Trinajstić information content (AvgIpc) is 3.00. The summed E-state index contributed by atoms with van der Waals surface area (Å²) in [6.45, 7) is 5.93. The van der Waals surface area contributed by atoms with Crippen molar-refractivity contribution in [2.24, 2.45) is 0 Å². The number of anilines is 2. The zero-order chi connectivity index (χ0) is 21.8. The van der Waals surface area contributed by atoms with Crippen LogP contribution in [-0.4, -0.2) is 24.6 Å². The standard InChI is InChI=1S/C25H26N4O/c1-17-8-6-7-9-24(17)27-25(30)21(16-26)15-20-14-18(2)29(19(20)3)23-12-10-22(11-13-23)28(4)5/h6-15H,1-5H3,(H,27,30)/b21-15-. The Morgan fingerprint density at radius 1 is 1.07 bits per heavy atom. The highest BCUT2D eigenvalue weighted by molar-refractivity contribution is 6.10. The number of nitrogens with one attached hydrogen (secondary N) is 1. The summed E-state index contributed by atoms with van der Waals surface area (Å²) in [6, 6.07) is 19.8. The fraction of sp³-hybridized carbons (Fsp3) is 0.200. The Balaban J connectivity index is 1.92. The monoisotopic (exact) mass is 398 g/mol. The maximum atomic E-state index is 12.7. The minimum atomic E-state index is -0.410. The van der Waals surface area contributed by atoms with E-state index in [0.717, 1.165) is 33.9 Å². The maximum absolute atomic E-state index is 12.7. The molecular weight excluding hydrogens is 372 g/mol. The molecule has 0 bridgehead atoms. The van der Waals surface area contributed by atoms with Gasteiger partial charge in [0.05, 0.1) is 0 Å². The van der Waals surface area contributed by atoms with Crippen LogP contribution in [-0.2, 0) is 4.79 Å². The van der Waals surface area contributed by atoms with Gasteiger partial charge in [-0.25, -0.2) is 0 Å². The van der Waals surface area contributed by atoms with Crippen molar-refractivity contribution in [3.05, 3.63) is 82.7 Å². The molecule has 0 aliphatic rings. The molecule has 1 aromatic heterocycles. The smallest absolute Gasteiger partial charge is 0.266 e. The van der Waals surface area contributed by atoms with Crippen LogP contribution in [0.15, 0.2) is 60.2 Å². The first kappa shape index (κ1) is 20.9. The lowest BCUT2D eigenvalue weighted by Crippen LogP contribution is -2.14. The summed E-state index contributed by atoms with van der Waals surface area (Å²) >= 11 is 0. The number of nitrogens with zero attached hydrogens (tertiary/aromatic N) is 3. The summed E-state index contributed by atoms with van der Waals surface area (Å²) in [6.07, 6.45) is 1.65. The first-order valence-corrected chi connectivity index (χ1v) is 9.77. The van der Waals surface area contributed by atoms with Gasteiger partial charge in [-0.05, 0) is 74.4 Å². The molecule has 152 valence electrons. The van der Waals surface area contributed by atoms with Gasteiger partial charge in [-0.15, -0.1) is 0 Å². The predicted octanol–water partition coefficient (Wildman–Crippen LogP) is 5.01. The third kappa shape index (κ3) is 4.28. The molecule has 0 saturated carbocycles. The number of para-hydroxylation sites is 1. The lowest BCUT2D eigenvalue weighted by Gasteiger charge is -2.15. The van der Waals surface area contributed by atoms with Gasteiger partial charge in [0.2, 0.25) is 0 Å². The Labute approximate surface area is 177 Å². The van der Waals surface area contributed by atoms with Gasteiger partial charge in [0.15, 0.2) is 0 Å². The second-order valence-corrected chi connectivity index (χ2v) is 7.51. The van der Waals surface area contributed by atoms with Crippen LogP contribution in [0.1, 0.15) is 22.5 Å². The molecule has 1 amide bonds. The van der Waals surface area contributed by atoms with E-state index in [0.29, 0.717) is 5.69 Å². The highest BCUT2D eigenvalue weighted by Crippen LogP contribution is 2.25. The molecule has 30 heavy (non-hydrogen) atoms. The molecule has 5 heteroatoms. The SMILES string of the molecule is Cc1ccccc1NC(=O)/C(C#N)=C\c1cc(C)n(-c2ccc(N(C)C)cc2)c1C. The molecule has 0 saturated heterocycles. The molecule has 0 fully saturated rings. The summed E-state index contributed by atoms with van der Waals surface area (Å²) in [5.74, 6) is -0.410. The van der Waals surface area contributed by atoms with E-state index in [4.69, 9.17) is 0 Å². The van der Waals surface area contributed by atoms with E-state index in [1.807, 2.05) is 71.3 Å². The van der Waals surface area contributed by atoms with Crippen molar-refractivity contribution < 1.29 is 4.79 Å². The van der Waals surface area contributed by atoms with Crippen molar-refractivity contribution in [3.63, 3.8) is 0 Å². The number of carbonyl (C=O) groups excluding carboxylic acids is 1. The van der Waals surface area contributed by atoms with Gasteiger partial charge < -0.3 is 14.8 Å². The largest absolute Gasteiger partial charge is 0.378 e. The molecular formula is C25H26N4O. The molecule has 0 aliphatic heterocycles. The topological polar surface area (TPSA) is 61.1 Å². The first-order valence-electron chi connectivity index (χ1n) is 9.77. The van der Waals surface area contributed by atoms with Crippen molar-refractivity contribution >= 4 is 23.4 Å². The molecule has 5 nitrogen and oxygen atoms in total. The highest BCUT2D eigenvalue weighted by atomic mass is 16.1. The Morgan fingerprint density at radius 2 is 1.73 bits per heavy atom. The van der Waals surface area contributed by atoms with Crippen molar-refractivity contribution in [3.8, 4) is 11.8 Å². The zero-order valence-corrected chi connectivity index (χ0v) is 18.0. The number of nitriles is 1. The van der Waals surface area contributed by atoms with Crippen LogP contribution < -0.4 is 10.2 Å². The molecule has 1 N–H and O–H groups in total. The second-order valence-electron chi connectivity index (χ2n) is 7.51. The van der Waals surface area contributed by atoms with Gasteiger partial charge in [-0.1, -0.05) is 18.2 Å². The summed E-state index contributed by atoms with van der Waals surface area (Å²) in [5, 5.41) is 12.4. The maximum Gasteiger partial charge on any atom is 0.266 e. The molecule has 0 radical (unpaired) electrons. The van der Waals surface area contributed by atoms with Crippen LogP contribution in [0.4, 0.5) is 11.4 Å². The van der Waals surface area contributed by atoms with Crippen LogP contribution in [0, 0.1) is 32.1 Å². The number of aromatic nitrogens is 1. The normalized spacial score (nSPS) is 11.1. The Hall–Kier alpha value is -3.78. The molecule has 0 unspecified atom stereocenters. The summed E-state index contributed by atoms with van der Waals surface area (Å²) in [7, 11) is 4.02. The number of aryl methyl sites for hydroxylation is 2. The molecule has 0 aliphatic carbocycles. The fourth-order valence-corrected chi connectivity index (χ4v) is 3.44. The van der Waals surface area contributed by atoms with Gasteiger partial charge in [0, 0.05) is 42.5 Å². The summed E-state index contributed by atoms with van der Waals surface area (Å²) in [5.41, 5.74) is 6.74. The van der Waals surface area contributed by atoms with Crippen LogP contribution >= 0.6 is 0 Å². The third-order valence-electron chi connectivity index (χ3n) is 5.15. The summed E-state index contributed by atoms with van der Waals surface area (Å²) in [4.78, 5) is 14.7. The van der Waals surface area contributed by atoms with Crippen LogP contribution in [0.25, 0.3) is 11.8 Å². The first-order chi connectivity index (χ1) is 14.3. The minimum absolute atomic E-state index is 0.0708. The van der Waals surface area contributed by atoms with E-state index in [1.165, 1.54) is 0 Å². The average molecular weight is 399 g/mol. The molecule has 0 atom stereocenters. The van der Waals surface area contributed by atoms with E-state index in [-0.39, 0.29) is 5.57 Å². The lowest BCUT2D eigenvalue weighted by atomic mass is 10.1. The zero-order valence-electron chi connectivity index (χ0n) is 18.0. The van der Waals surface area contributed by atoms with Gasteiger partial charge in [0.1, 0.15) is 11.6 Å². The van der Waals surface area contributed by atoms with E-state index >= 15 is 0 Å². The van der Waals surface area contributed by atoms with E-state index < -0.39 is 5.91 Å². The Bertz CT molecular complexity index is 1140. The van der Waals surface area contributed by atoms with Crippen molar-refractivity contribution in [2.45, 2.75) is 20.8 Å². The van der Waals surface area contributed by atoms with Gasteiger partial charge in [-0.3, -0.25) is 4.79 Å². The van der Waals surface area contributed by atoms with E-state index in [2.05, 4.69) is 39.0 Å². The number of rotatable bonds is 5. The van der Waals surface area contributed by atoms with Crippen molar-refractivity contribution in [2.75, 3.05) is 24.3 Å². The van der Waals surface area contributed by atoms with E-state index in [1.54, 1.807) is 6.08 Å². The highest BCUT2D eigenvalue weighted by Gasteiger charge is 2.14. The molecule has 1 heterocycles. The molecule has 2 aromatic carbocycles. The van der Waals surface area contributed by atoms with Crippen LogP contribution in [0.2, 0.25) is 0 Å². The van der Waals surface area contributed by atoms with Crippen molar-refractivity contribution in [1.82, 2.24) is 4.57 Å². The van der Waals surface area contributed by atoms with E-state index in [9.17, 15) is 10.1 Å². The van der Waals surface area contributed by atoms with Crippen LogP contribution in [0.3, 0.4) is 0 Å². The molecule has 3 aromatic rings. The van der Waals surface area contributed by atoms with Crippen LogP contribution in [0.5, 0.6) is 0 Å². The minimum Gasteiger partial charge on any atom is -0.378 e. The number of amides is 1. The Kier molecular flexibility index (Phi) is 6.08.